The molecule has 1 unspecified atom stereocenters. The van der Waals surface area contributed by atoms with Crippen molar-refractivity contribution in [3.8, 4) is 0 Å². The minimum absolute atomic E-state index is 0.0301. The number of hydrogen-bond donors (Lipinski definition) is 3. The van der Waals surface area contributed by atoms with Gasteiger partial charge in [-0.05, 0) is 67.6 Å². The first-order valence-corrected chi connectivity index (χ1v) is 11.7. The number of aliphatic hydroxyl groups excluding tert-OH is 1. The summed E-state index contributed by atoms with van der Waals surface area (Å²) >= 11 is 6.09. The van der Waals surface area contributed by atoms with Crippen LogP contribution in [0, 0.1) is 0 Å². The lowest BCUT2D eigenvalue weighted by molar-refractivity contribution is -0.137. The van der Waals surface area contributed by atoms with Crippen LogP contribution in [0.4, 0.5) is 13.2 Å². The third-order valence-electron chi connectivity index (χ3n) is 6.18. The normalized spacial score (nSPS) is 17.2. The third-order valence-corrected chi connectivity index (χ3v) is 6.42. The minimum atomic E-state index is -4.43. The number of nitrogens with one attached hydrogen (secondary N) is 1. The third kappa shape index (κ3) is 5.37. The van der Waals surface area contributed by atoms with Crippen LogP contribution in [0.25, 0.3) is 10.9 Å². The van der Waals surface area contributed by atoms with E-state index in [0.29, 0.717) is 65.5 Å². The van der Waals surface area contributed by atoms with E-state index in [1.807, 2.05) is 0 Å². The van der Waals surface area contributed by atoms with Crippen LogP contribution in [0.15, 0.2) is 52.3 Å². The Morgan fingerprint density at radius 3 is 2.54 bits per heavy atom. The SMILES string of the molecule is O=c1c2c(n(O)c3ccc(Cl)cc13)CC(c1ccc(C(F)(F)F)cc1)CC2=NCCCNCCO. The maximum absolute atomic E-state index is 13.4. The summed E-state index contributed by atoms with van der Waals surface area (Å²) in [7, 11) is 0. The number of pyridine rings is 1. The summed E-state index contributed by atoms with van der Waals surface area (Å²) in [6.07, 6.45) is -3.15. The van der Waals surface area contributed by atoms with Crippen LogP contribution in [0.2, 0.25) is 5.02 Å². The summed E-state index contributed by atoms with van der Waals surface area (Å²) < 4.78 is 40.1. The number of halogens is 4. The van der Waals surface area contributed by atoms with Gasteiger partial charge in [-0.3, -0.25) is 9.79 Å². The van der Waals surface area contributed by atoms with Crippen molar-refractivity contribution in [1.82, 2.24) is 10.0 Å². The van der Waals surface area contributed by atoms with Gasteiger partial charge in [0, 0.05) is 23.8 Å². The molecule has 0 aliphatic heterocycles. The highest BCUT2D eigenvalue weighted by molar-refractivity contribution is 6.31. The molecule has 2 aromatic carbocycles. The van der Waals surface area contributed by atoms with Gasteiger partial charge in [0.2, 0.25) is 0 Å². The lowest BCUT2D eigenvalue weighted by atomic mass is 9.80. The summed E-state index contributed by atoms with van der Waals surface area (Å²) in [5, 5.41) is 23.6. The standard InChI is InChI=1S/C25H25ClF3N3O3/c26-18-6-7-21-19(14-18)24(34)23-20(31-9-1-8-30-10-11-33)12-16(13-22(23)32(21)35)15-2-4-17(5-3-15)25(27,28)29/h2-7,14,16,30,33,35H,1,8-13H2. The Balaban J connectivity index is 1.75. The Labute approximate surface area is 204 Å². The molecule has 3 N–H and O–H groups in total. The highest BCUT2D eigenvalue weighted by atomic mass is 35.5. The number of alkyl halides is 3. The van der Waals surface area contributed by atoms with Gasteiger partial charge in [0.15, 0.2) is 5.43 Å². The zero-order chi connectivity index (χ0) is 25.2. The Morgan fingerprint density at radius 2 is 1.86 bits per heavy atom. The van der Waals surface area contributed by atoms with Gasteiger partial charge in [0.1, 0.15) is 0 Å². The topological polar surface area (TPSA) is 86.9 Å². The molecule has 0 radical (unpaired) electrons. The van der Waals surface area contributed by atoms with Gasteiger partial charge < -0.3 is 15.6 Å². The number of hydrogen-bond acceptors (Lipinski definition) is 5. The van der Waals surface area contributed by atoms with Crippen molar-refractivity contribution in [2.45, 2.75) is 31.4 Å². The molecule has 0 fully saturated rings. The second-order valence-corrected chi connectivity index (χ2v) is 8.94. The van der Waals surface area contributed by atoms with E-state index in [1.54, 1.807) is 12.1 Å². The van der Waals surface area contributed by atoms with E-state index in [2.05, 4.69) is 10.3 Å². The van der Waals surface area contributed by atoms with E-state index in [9.17, 15) is 23.2 Å². The zero-order valence-corrected chi connectivity index (χ0v) is 19.5. The van der Waals surface area contributed by atoms with E-state index in [-0.39, 0.29) is 29.8 Å². The van der Waals surface area contributed by atoms with Crippen molar-refractivity contribution in [3.63, 3.8) is 0 Å². The van der Waals surface area contributed by atoms with Crippen molar-refractivity contribution in [3.05, 3.63) is 80.1 Å². The van der Waals surface area contributed by atoms with E-state index in [1.165, 1.54) is 18.2 Å². The largest absolute Gasteiger partial charge is 0.428 e. The Morgan fingerprint density at radius 1 is 1.11 bits per heavy atom. The second kappa shape index (κ2) is 10.4. The first-order chi connectivity index (χ1) is 16.7. The van der Waals surface area contributed by atoms with Gasteiger partial charge in [0.05, 0.1) is 34.3 Å². The van der Waals surface area contributed by atoms with Gasteiger partial charge in [-0.25, -0.2) is 0 Å². The highest BCUT2D eigenvalue weighted by Crippen LogP contribution is 2.35. The van der Waals surface area contributed by atoms with Crippen LogP contribution >= 0.6 is 11.6 Å². The molecular weight excluding hydrogens is 483 g/mol. The average Bonchev–Trinajstić information content (AvgIpc) is 2.83. The molecule has 0 saturated heterocycles. The number of aliphatic imine (C=N–C) groups is 1. The molecule has 1 aromatic heterocycles. The molecule has 0 bridgehead atoms. The summed E-state index contributed by atoms with van der Waals surface area (Å²) in [5.74, 6) is -0.265. The number of benzene rings is 2. The molecule has 4 rings (SSSR count). The fourth-order valence-corrected chi connectivity index (χ4v) is 4.64. The summed E-state index contributed by atoms with van der Waals surface area (Å²) in [6.45, 7) is 1.54. The predicted molar refractivity (Wildman–Crippen MR) is 129 cm³/mol. The van der Waals surface area contributed by atoms with Gasteiger partial charge in [-0.15, -0.1) is 0 Å². The molecular formula is C25H25ClF3N3O3. The molecule has 1 atom stereocenters. The van der Waals surface area contributed by atoms with Crippen LogP contribution < -0.4 is 10.7 Å². The van der Waals surface area contributed by atoms with Crippen LogP contribution in [0.5, 0.6) is 0 Å². The van der Waals surface area contributed by atoms with Crippen LogP contribution in [-0.2, 0) is 12.6 Å². The zero-order valence-electron chi connectivity index (χ0n) is 18.8. The molecule has 3 aromatic rings. The first-order valence-electron chi connectivity index (χ1n) is 11.3. The fourth-order valence-electron chi connectivity index (χ4n) is 4.46. The van der Waals surface area contributed by atoms with E-state index in [0.717, 1.165) is 16.9 Å². The molecule has 186 valence electrons. The first kappa shape index (κ1) is 25.2. The van der Waals surface area contributed by atoms with Gasteiger partial charge in [0.25, 0.3) is 0 Å². The Kier molecular flexibility index (Phi) is 7.49. The van der Waals surface area contributed by atoms with Crippen molar-refractivity contribution in [1.29, 1.82) is 0 Å². The number of nitrogens with zero attached hydrogens (tertiary/aromatic N) is 2. The average molecular weight is 508 g/mol. The lowest BCUT2D eigenvalue weighted by Gasteiger charge is -2.28. The highest BCUT2D eigenvalue weighted by Gasteiger charge is 2.33. The summed E-state index contributed by atoms with van der Waals surface area (Å²) in [4.78, 5) is 18.1. The molecule has 6 nitrogen and oxygen atoms in total. The Bertz CT molecular complexity index is 1300. The van der Waals surface area contributed by atoms with E-state index < -0.39 is 11.7 Å². The molecule has 1 aliphatic carbocycles. The van der Waals surface area contributed by atoms with Crippen LogP contribution in [-0.4, -0.2) is 47.0 Å². The van der Waals surface area contributed by atoms with Crippen molar-refractivity contribution in [2.75, 3.05) is 26.2 Å². The van der Waals surface area contributed by atoms with E-state index in [4.69, 9.17) is 16.7 Å². The number of aromatic nitrogens is 1. The molecule has 1 heterocycles. The quantitative estimate of drug-likeness (QED) is 0.327. The van der Waals surface area contributed by atoms with E-state index >= 15 is 0 Å². The van der Waals surface area contributed by atoms with Crippen molar-refractivity contribution < 1.29 is 23.5 Å². The summed E-state index contributed by atoms with van der Waals surface area (Å²) in [5.41, 5.74) is 1.15. The smallest absolute Gasteiger partial charge is 0.416 e. The van der Waals surface area contributed by atoms with Gasteiger partial charge >= 0.3 is 6.18 Å². The maximum Gasteiger partial charge on any atom is 0.416 e. The molecule has 10 heteroatoms. The number of rotatable bonds is 7. The lowest BCUT2D eigenvalue weighted by Crippen LogP contribution is -2.31. The number of aliphatic hydroxyl groups is 1. The monoisotopic (exact) mass is 507 g/mol. The molecule has 0 amide bonds. The van der Waals surface area contributed by atoms with Crippen molar-refractivity contribution >= 4 is 28.2 Å². The minimum Gasteiger partial charge on any atom is -0.428 e. The number of fused-ring (bicyclic) bond motifs is 2. The van der Waals surface area contributed by atoms with Crippen molar-refractivity contribution in [2.24, 2.45) is 4.99 Å². The van der Waals surface area contributed by atoms with Crippen LogP contribution in [0.3, 0.4) is 0 Å². The summed E-state index contributed by atoms with van der Waals surface area (Å²) in [6, 6.07) is 9.61. The second-order valence-electron chi connectivity index (χ2n) is 8.50. The fraction of sp³-hybridized carbons (Fsp3) is 0.360. The maximum atomic E-state index is 13.4. The predicted octanol–water partition coefficient (Wildman–Crippen LogP) is 4.40. The molecule has 35 heavy (non-hydrogen) atoms. The Hall–Kier alpha value is -2.88. The molecule has 0 spiro atoms. The van der Waals surface area contributed by atoms with Crippen LogP contribution in [0.1, 0.15) is 41.1 Å². The van der Waals surface area contributed by atoms with Gasteiger partial charge in [-0.2, -0.15) is 17.9 Å². The molecule has 0 saturated carbocycles. The van der Waals surface area contributed by atoms with Gasteiger partial charge in [-0.1, -0.05) is 23.7 Å². The molecule has 1 aliphatic rings.